The number of carbonyl (C=O) groups excluding carboxylic acids is 3. The Hall–Kier alpha value is -4.40. The first-order chi connectivity index (χ1) is 15.4. The minimum Gasteiger partial charge on any atom is -0.457 e. The predicted octanol–water partition coefficient (Wildman–Crippen LogP) is 2.32. The largest absolute Gasteiger partial charge is 0.457 e. The molecule has 8 heteroatoms. The number of hydrogen-bond acceptors (Lipinski definition) is 7. The van der Waals surface area contributed by atoms with Gasteiger partial charge >= 0.3 is 5.97 Å². The first kappa shape index (κ1) is 22.3. The van der Waals surface area contributed by atoms with E-state index in [4.69, 9.17) is 20.7 Å². The number of rotatable bonds is 6. The molecule has 0 bridgehead atoms. The molecule has 0 saturated carbocycles. The Balaban J connectivity index is 1.89. The third-order valence-electron chi connectivity index (χ3n) is 4.75. The molecule has 1 aromatic heterocycles. The Labute approximate surface area is 184 Å². The molecule has 8 nitrogen and oxygen atoms in total. The number of benzene rings is 1. The van der Waals surface area contributed by atoms with Gasteiger partial charge in [0.1, 0.15) is 23.2 Å². The monoisotopic (exact) mass is 430 g/mol. The van der Waals surface area contributed by atoms with Crippen LogP contribution in [0.3, 0.4) is 0 Å². The second-order valence-electron chi connectivity index (χ2n) is 6.71. The summed E-state index contributed by atoms with van der Waals surface area (Å²) in [6.45, 7) is 0.767. The van der Waals surface area contributed by atoms with E-state index in [9.17, 15) is 19.6 Å². The summed E-state index contributed by atoms with van der Waals surface area (Å²) in [6, 6.07) is 11.6. The zero-order chi connectivity index (χ0) is 23.3. The molecule has 3 rings (SSSR count). The molecule has 2 aromatic rings. The van der Waals surface area contributed by atoms with Crippen LogP contribution in [-0.4, -0.2) is 47.5 Å². The van der Waals surface area contributed by atoms with E-state index in [1.165, 1.54) is 13.0 Å². The lowest BCUT2D eigenvalue weighted by atomic mass is 9.95. The smallest absolute Gasteiger partial charge is 0.339 e. The molecule has 1 aliphatic heterocycles. The van der Waals surface area contributed by atoms with Gasteiger partial charge in [-0.15, -0.1) is 6.42 Å². The summed E-state index contributed by atoms with van der Waals surface area (Å²) < 4.78 is 10.7. The van der Waals surface area contributed by atoms with Crippen molar-refractivity contribution in [3.8, 4) is 29.7 Å². The fourth-order valence-electron chi connectivity index (χ4n) is 3.12. The molecular weight excluding hydrogens is 412 g/mol. The van der Waals surface area contributed by atoms with Crippen LogP contribution in [0, 0.1) is 23.7 Å². The van der Waals surface area contributed by atoms with Gasteiger partial charge in [0.15, 0.2) is 6.61 Å². The van der Waals surface area contributed by atoms with E-state index in [0.29, 0.717) is 22.6 Å². The van der Waals surface area contributed by atoms with Crippen LogP contribution in [0.1, 0.15) is 23.0 Å². The maximum Gasteiger partial charge on any atom is 0.339 e. The molecule has 1 aliphatic rings. The van der Waals surface area contributed by atoms with Crippen LogP contribution in [0.15, 0.2) is 57.5 Å². The number of amides is 2. The molecule has 0 saturated heterocycles. The number of imide groups is 1. The van der Waals surface area contributed by atoms with Crippen LogP contribution in [0.25, 0.3) is 17.4 Å². The third-order valence-corrected chi connectivity index (χ3v) is 4.75. The number of nitriles is 1. The standard InChI is InChI=1S/C24H18N2O6/c1-3-12-31-24(30)17-6-4-16(5-7-17)21-9-8-18(32-21)13-19-15(2)20(14-25)23(29)26(10-11-27)22(19)28/h1,4-9,13,27H,10-12H2,2H3/b19-13+. The lowest BCUT2D eigenvalue weighted by Gasteiger charge is -2.26. The average molecular weight is 430 g/mol. The lowest BCUT2D eigenvalue weighted by molar-refractivity contribution is -0.141. The van der Waals surface area contributed by atoms with Crippen LogP contribution in [0.2, 0.25) is 0 Å². The Morgan fingerprint density at radius 2 is 1.94 bits per heavy atom. The van der Waals surface area contributed by atoms with E-state index in [0.717, 1.165) is 4.90 Å². The second kappa shape index (κ2) is 9.61. The number of hydrogen-bond donors (Lipinski definition) is 1. The molecule has 32 heavy (non-hydrogen) atoms. The maximum atomic E-state index is 12.7. The Bertz CT molecular complexity index is 1220. The van der Waals surface area contributed by atoms with Crippen LogP contribution in [0.5, 0.6) is 0 Å². The molecule has 1 N–H and O–H groups in total. The first-order valence-corrected chi connectivity index (χ1v) is 9.52. The van der Waals surface area contributed by atoms with Crippen molar-refractivity contribution in [2.45, 2.75) is 6.92 Å². The number of nitrogens with zero attached hydrogens (tertiary/aromatic N) is 2. The summed E-state index contributed by atoms with van der Waals surface area (Å²) in [7, 11) is 0. The number of esters is 1. The van der Waals surface area contributed by atoms with Gasteiger partial charge in [0.05, 0.1) is 18.7 Å². The van der Waals surface area contributed by atoms with E-state index in [1.54, 1.807) is 36.4 Å². The van der Waals surface area contributed by atoms with Crippen molar-refractivity contribution in [3.63, 3.8) is 0 Å². The summed E-state index contributed by atoms with van der Waals surface area (Å²) in [5.74, 6) is 1.15. The van der Waals surface area contributed by atoms with Gasteiger partial charge in [0, 0.05) is 11.1 Å². The highest BCUT2D eigenvalue weighted by Crippen LogP contribution is 2.29. The number of furan rings is 1. The average Bonchev–Trinajstić information content (AvgIpc) is 3.27. The molecule has 0 spiro atoms. The van der Waals surface area contributed by atoms with Crippen LogP contribution in [0.4, 0.5) is 0 Å². The van der Waals surface area contributed by atoms with Gasteiger partial charge in [-0.2, -0.15) is 5.26 Å². The number of β-amino-alcohol motifs (C(OH)–C–C–N with tert-alkyl or cyclic N) is 1. The highest BCUT2D eigenvalue weighted by Gasteiger charge is 2.35. The molecular formula is C24H18N2O6. The van der Waals surface area contributed by atoms with Crippen LogP contribution in [-0.2, 0) is 14.3 Å². The van der Waals surface area contributed by atoms with Gasteiger partial charge in [-0.3, -0.25) is 14.5 Å². The molecule has 160 valence electrons. The minimum absolute atomic E-state index is 0.113. The normalized spacial score (nSPS) is 15.0. The van der Waals surface area contributed by atoms with Crippen molar-refractivity contribution in [1.82, 2.24) is 4.90 Å². The highest BCUT2D eigenvalue weighted by molar-refractivity contribution is 6.19. The van der Waals surface area contributed by atoms with Gasteiger partial charge < -0.3 is 14.3 Å². The number of aliphatic hydroxyl groups is 1. The van der Waals surface area contributed by atoms with E-state index in [2.05, 4.69) is 5.92 Å². The van der Waals surface area contributed by atoms with Crippen LogP contribution >= 0.6 is 0 Å². The molecule has 2 amide bonds. The summed E-state index contributed by atoms with van der Waals surface area (Å²) in [5.41, 5.74) is 1.22. The number of aliphatic hydroxyl groups excluding tert-OH is 1. The van der Waals surface area contributed by atoms with E-state index >= 15 is 0 Å². The molecule has 1 aromatic carbocycles. The minimum atomic E-state index is -0.734. The first-order valence-electron chi connectivity index (χ1n) is 9.52. The van der Waals surface area contributed by atoms with Crippen molar-refractivity contribution in [2.24, 2.45) is 0 Å². The summed E-state index contributed by atoms with van der Waals surface area (Å²) in [5, 5.41) is 18.5. The van der Waals surface area contributed by atoms with Crippen molar-refractivity contribution >= 4 is 23.9 Å². The quantitative estimate of drug-likeness (QED) is 0.323. The molecule has 0 fully saturated rings. The maximum absolute atomic E-state index is 12.7. The zero-order valence-corrected chi connectivity index (χ0v) is 17.1. The summed E-state index contributed by atoms with van der Waals surface area (Å²) in [4.78, 5) is 37.7. The lowest BCUT2D eigenvalue weighted by Crippen LogP contribution is -2.44. The predicted molar refractivity (Wildman–Crippen MR) is 113 cm³/mol. The Morgan fingerprint density at radius 3 is 2.56 bits per heavy atom. The fourth-order valence-corrected chi connectivity index (χ4v) is 3.12. The fraction of sp³-hybridized carbons (Fsp3) is 0.167. The molecule has 0 atom stereocenters. The van der Waals surface area contributed by atoms with Crippen molar-refractivity contribution in [1.29, 1.82) is 5.26 Å². The van der Waals surface area contributed by atoms with E-state index in [-0.39, 0.29) is 29.9 Å². The number of ether oxygens (including phenoxy) is 1. The second-order valence-corrected chi connectivity index (χ2v) is 6.71. The molecule has 0 aliphatic carbocycles. The van der Waals surface area contributed by atoms with Gasteiger partial charge in [0.25, 0.3) is 11.8 Å². The van der Waals surface area contributed by atoms with Gasteiger partial charge in [-0.25, -0.2) is 4.79 Å². The van der Waals surface area contributed by atoms with E-state index < -0.39 is 24.4 Å². The van der Waals surface area contributed by atoms with E-state index in [1.807, 2.05) is 6.07 Å². The zero-order valence-electron chi connectivity index (χ0n) is 17.1. The summed E-state index contributed by atoms with van der Waals surface area (Å²) >= 11 is 0. The molecule has 0 unspecified atom stereocenters. The highest BCUT2D eigenvalue weighted by atomic mass is 16.5. The summed E-state index contributed by atoms with van der Waals surface area (Å²) in [6.07, 6.45) is 6.52. The Morgan fingerprint density at radius 1 is 1.22 bits per heavy atom. The SMILES string of the molecule is C#CCOC(=O)c1ccc(-c2ccc(/C=C3/C(=O)N(CCO)C(=O)C(C#N)=C3C)o2)cc1. The van der Waals surface area contributed by atoms with Crippen molar-refractivity contribution in [3.05, 3.63) is 64.4 Å². The van der Waals surface area contributed by atoms with Gasteiger partial charge in [0.2, 0.25) is 0 Å². The van der Waals surface area contributed by atoms with Crippen molar-refractivity contribution < 1.29 is 28.6 Å². The molecule has 2 heterocycles. The third kappa shape index (κ3) is 4.36. The number of carbonyl (C=O) groups is 3. The van der Waals surface area contributed by atoms with Gasteiger partial charge in [-0.1, -0.05) is 18.1 Å². The molecule has 0 radical (unpaired) electrons. The van der Waals surface area contributed by atoms with Gasteiger partial charge in [-0.05, 0) is 42.8 Å². The topological polar surface area (TPSA) is 121 Å². The van der Waals surface area contributed by atoms with Crippen molar-refractivity contribution in [2.75, 3.05) is 19.8 Å². The van der Waals surface area contributed by atoms with Crippen LogP contribution < -0.4 is 0 Å². The number of terminal acetylenes is 1. The Kier molecular flexibility index (Phi) is 6.69.